The first-order valence-corrected chi connectivity index (χ1v) is 6.37. The zero-order valence-electron chi connectivity index (χ0n) is 11.2. The van der Waals surface area contributed by atoms with Crippen molar-refractivity contribution < 1.29 is 19.1 Å². The molecule has 1 aliphatic rings. The summed E-state index contributed by atoms with van der Waals surface area (Å²) in [5, 5.41) is 0. The molecule has 0 aliphatic carbocycles. The standard InChI is InChI=1S/C16H16O4/c1-16(11-9-15(18)20-16)10-5-8-14(17)19-12-13-6-3-2-4-7-13/h2-9,11H,10,12H2,1H3/b8-5+/t16-/m0/s1. The van der Waals surface area contributed by atoms with Crippen LogP contribution in [0.3, 0.4) is 0 Å². The Balaban J connectivity index is 1.76. The summed E-state index contributed by atoms with van der Waals surface area (Å²) in [6.45, 7) is 2.03. The number of cyclic esters (lactones) is 1. The monoisotopic (exact) mass is 272 g/mol. The van der Waals surface area contributed by atoms with E-state index in [0.717, 1.165) is 5.56 Å². The molecule has 0 spiro atoms. The van der Waals surface area contributed by atoms with Crippen LogP contribution in [0.2, 0.25) is 0 Å². The Morgan fingerprint density at radius 1 is 1.35 bits per heavy atom. The zero-order valence-corrected chi connectivity index (χ0v) is 11.2. The second-order valence-corrected chi connectivity index (χ2v) is 4.77. The van der Waals surface area contributed by atoms with Crippen molar-refractivity contribution in [3.63, 3.8) is 0 Å². The van der Waals surface area contributed by atoms with Gasteiger partial charge in [0.2, 0.25) is 0 Å². The van der Waals surface area contributed by atoms with Gasteiger partial charge in [-0.1, -0.05) is 36.4 Å². The molecule has 0 N–H and O–H groups in total. The van der Waals surface area contributed by atoms with Crippen LogP contribution in [-0.4, -0.2) is 17.5 Å². The van der Waals surface area contributed by atoms with E-state index in [-0.39, 0.29) is 12.6 Å². The third kappa shape index (κ3) is 4.09. The summed E-state index contributed by atoms with van der Waals surface area (Å²) >= 11 is 0. The van der Waals surface area contributed by atoms with Crippen LogP contribution in [-0.2, 0) is 25.7 Å². The van der Waals surface area contributed by atoms with Gasteiger partial charge in [-0.25, -0.2) is 9.59 Å². The molecule has 1 aromatic rings. The van der Waals surface area contributed by atoms with E-state index in [1.54, 1.807) is 19.1 Å². The summed E-state index contributed by atoms with van der Waals surface area (Å²) < 4.78 is 10.2. The molecule has 0 bridgehead atoms. The fourth-order valence-electron chi connectivity index (χ4n) is 1.82. The number of ether oxygens (including phenoxy) is 2. The minimum atomic E-state index is -0.659. The number of carbonyl (C=O) groups is 2. The van der Waals surface area contributed by atoms with E-state index >= 15 is 0 Å². The molecule has 0 saturated heterocycles. The molecule has 0 radical (unpaired) electrons. The van der Waals surface area contributed by atoms with Gasteiger partial charge in [-0.2, -0.15) is 0 Å². The summed E-state index contributed by atoms with van der Waals surface area (Å²) in [6, 6.07) is 9.46. The van der Waals surface area contributed by atoms with Crippen LogP contribution in [0.5, 0.6) is 0 Å². The van der Waals surface area contributed by atoms with Gasteiger partial charge < -0.3 is 9.47 Å². The zero-order chi connectivity index (χ0) is 14.4. The van der Waals surface area contributed by atoms with Crippen LogP contribution in [0.25, 0.3) is 0 Å². The van der Waals surface area contributed by atoms with Gasteiger partial charge in [0.25, 0.3) is 0 Å². The third-order valence-corrected chi connectivity index (χ3v) is 2.91. The van der Waals surface area contributed by atoms with Crippen LogP contribution in [0, 0.1) is 0 Å². The molecule has 20 heavy (non-hydrogen) atoms. The Hall–Kier alpha value is -2.36. The SMILES string of the molecule is C[C@]1(C/C=C/C(=O)OCc2ccccc2)C=CC(=O)O1. The largest absolute Gasteiger partial charge is 0.458 e. The molecule has 0 amide bonds. The summed E-state index contributed by atoms with van der Waals surface area (Å²) in [6.07, 6.45) is 6.52. The average Bonchev–Trinajstić information content (AvgIpc) is 2.77. The minimum Gasteiger partial charge on any atom is -0.458 e. The molecule has 4 nitrogen and oxygen atoms in total. The van der Waals surface area contributed by atoms with Gasteiger partial charge in [0.05, 0.1) is 0 Å². The number of benzene rings is 1. The van der Waals surface area contributed by atoms with Crippen LogP contribution < -0.4 is 0 Å². The first kappa shape index (κ1) is 14.1. The maximum Gasteiger partial charge on any atom is 0.331 e. The number of esters is 2. The lowest BCUT2D eigenvalue weighted by atomic mass is 10.0. The molecule has 1 aliphatic heterocycles. The van der Waals surface area contributed by atoms with Crippen LogP contribution in [0.15, 0.2) is 54.6 Å². The molecule has 2 rings (SSSR count). The highest BCUT2D eigenvalue weighted by atomic mass is 16.6. The number of hydrogen-bond donors (Lipinski definition) is 0. The summed E-state index contributed by atoms with van der Waals surface area (Å²) in [4.78, 5) is 22.5. The number of hydrogen-bond acceptors (Lipinski definition) is 4. The Bertz CT molecular complexity index is 545. The van der Waals surface area contributed by atoms with Crippen molar-refractivity contribution in [1.29, 1.82) is 0 Å². The number of carbonyl (C=O) groups excluding carboxylic acids is 2. The van der Waals surface area contributed by atoms with Gasteiger partial charge in [-0.3, -0.25) is 0 Å². The van der Waals surface area contributed by atoms with Crippen LogP contribution in [0.1, 0.15) is 18.9 Å². The maximum atomic E-state index is 11.5. The highest BCUT2D eigenvalue weighted by molar-refractivity contribution is 5.85. The molecule has 0 fully saturated rings. The molecule has 0 saturated carbocycles. The van der Waals surface area contributed by atoms with Gasteiger partial charge in [-0.05, 0) is 18.6 Å². The first-order chi connectivity index (χ1) is 9.57. The summed E-state index contributed by atoms with van der Waals surface area (Å²) in [5.74, 6) is -0.765. The molecule has 1 atom stereocenters. The topological polar surface area (TPSA) is 52.6 Å². The third-order valence-electron chi connectivity index (χ3n) is 2.91. The molecule has 1 heterocycles. The van der Waals surface area contributed by atoms with Gasteiger partial charge in [0.1, 0.15) is 12.2 Å². The van der Waals surface area contributed by atoms with E-state index < -0.39 is 11.6 Å². The average molecular weight is 272 g/mol. The second kappa shape index (κ2) is 6.19. The van der Waals surface area contributed by atoms with Crippen molar-refractivity contribution in [2.45, 2.75) is 25.6 Å². The van der Waals surface area contributed by atoms with Crippen molar-refractivity contribution in [3.8, 4) is 0 Å². The van der Waals surface area contributed by atoms with E-state index in [9.17, 15) is 9.59 Å². The van der Waals surface area contributed by atoms with E-state index in [1.807, 2.05) is 30.3 Å². The van der Waals surface area contributed by atoms with Crippen LogP contribution in [0.4, 0.5) is 0 Å². The van der Waals surface area contributed by atoms with E-state index in [0.29, 0.717) is 6.42 Å². The lowest BCUT2D eigenvalue weighted by molar-refractivity contribution is -0.144. The van der Waals surface area contributed by atoms with Crippen molar-refractivity contribution >= 4 is 11.9 Å². The smallest absolute Gasteiger partial charge is 0.331 e. The molecule has 0 unspecified atom stereocenters. The molecular weight excluding hydrogens is 256 g/mol. The summed E-state index contributed by atoms with van der Waals surface area (Å²) in [7, 11) is 0. The Kier molecular flexibility index (Phi) is 4.35. The van der Waals surface area contributed by atoms with Crippen molar-refractivity contribution in [2.75, 3.05) is 0 Å². The quantitative estimate of drug-likeness (QED) is 0.610. The predicted octanol–water partition coefficient (Wildman–Crippen LogP) is 2.55. The second-order valence-electron chi connectivity index (χ2n) is 4.77. The normalized spacial score (nSPS) is 21.1. The van der Waals surface area contributed by atoms with Gasteiger partial charge >= 0.3 is 11.9 Å². The Morgan fingerprint density at radius 3 is 2.75 bits per heavy atom. The highest BCUT2D eigenvalue weighted by Crippen LogP contribution is 2.23. The molecule has 104 valence electrons. The van der Waals surface area contributed by atoms with Crippen molar-refractivity contribution in [2.24, 2.45) is 0 Å². The van der Waals surface area contributed by atoms with Gasteiger partial charge in [0, 0.05) is 18.6 Å². The summed E-state index contributed by atoms with van der Waals surface area (Å²) in [5.41, 5.74) is 0.279. The van der Waals surface area contributed by atoms with Gasteiger partial charge in [-0.15, -0.1) is 0 Å². The Labute approximate surface area is 117 Å². The van der Waals surface area contributed by atoms with E-state index in [4.69, 9.17) is 9.47 Å². The molecular formula is C16H16O4. The van der Waals surface area contributed by atoms with Gasteiger partial charge in [0.15, 0.2) is 0 Å². The lowest BCUT2D eigenvalue weighted by Crippen LogP contribution is -2.22. The molecule has 1 aromatic carbocycles. The highest BCUT2D eigenvalue weighted by Gasteiger charge is 2.28. The van der Waals surface area contributed by atoms with Crippen LogP contribution >= 0.6 is 0 Å². The van der Waals surface area contributed by atoms with E-state index in [1.165, 1.54) is 12.2 Å². The minimum absolute atomic E-state index is 0.246. The van der Waals surface area contributed by atoms with Crippen molar-refractivity contribution in [1.82, 2.24) is 0 Å². The Morgan fingerprint density at radius 2 is 2.10 bits per heavy atom. The number of rotatable bonds is 5. The maximum absolute atomic E-state index is 11.5. The van der Waals surface area contributed by atoms with Crippen molar-refractivity contribution in [3.05, 3.63) is 60.2 Å². The fraction of sp³-hybridized carbons (Fsp3) is 0.250. The van der Waals surface area contributed by atoms with E-state index in [2.05, 4.69) is 0 Å². The predicted molar refractivity (Wildman–Crippen MR) is 73.6 cm³/mol. The molecule has 0 aromatic heterocycles. The molecule has 4 heteroatoms. The first-order valence-electron chi connectivity index (χ1n) is 6.37. The lowest BCUT2D eigenvalue weighted by Gasteiger charge is -2.18. The fourth-order valence-corrected chi connectivity index (χ4v) is 1.82.